The van der Waals surface area contributed by atoms with Crippen molar-refractivity contribution < 1.29 is 33.4 Å². The lowest BCUT2D eigenvalue weighted by Gasteiger charge is -2.17. The third-order valence-electron chi connectivity index (χ3n) is 4.39. The Morgan fingerprint density at radius 3 is 2.69 bits per heavy atom. The monoisotopic (exact) mass is 485 g/mol. The van der Waals surface area contributed by atoms with Gasteiger partial charge in [-0.3, -0.25) is 4.79 Å². The number of nitrogens with one attached hydrogen (secondary N) is 1. The van der Waals surface area contributed by atoms with Gasteiger partial charge in [-0.15, -0.1) is 0 Å². The van der Waals surface area contributed by atoms with Crippen molar-refractivity contribution in [2.45, 2.75) is 24.9 Å². The van der Waals surface area contributed by atoms with E-state index < -0.39 is 11.2 Å². The highest BCUT2D eigenvalue weighted by molar-refractivity contribution is 7.98. The van der Waals surface area contributed by atoms with Crippen molar-refractivity contribution in [2.24, 2.45) is 0 Å². The van der Waals surface area contributed by atoms with E-state index in [4.69, 9.17) is 18.7 Å². The molecule has 10 nitrogen and oxygen atoms in total. The maximum absolute atomic E-state index is 12.6. The van der Waals surface area contributed by atoms with E-state index in [1.54, 1.807) is 13.8 Å². The predicted octanol–water partition coefficient (Wildman–Crippen LogP) is 2.22. The molecule has 2 rings (SSSR count). The fourth-order valence-electron chi connectivity index (χ4n) is 2.78. The minimum Gasteiger partial charge on any atom is -0.507 e. The van der Waals surface area contributed by atoms with Gasteiger partial charge in [0.15, 0.2) is 11.1 Å². The van der Waals surface area contributed by atoms with Gasteiger partial charge in [-0.05, 0) is 13.8 Å². The van der Waals surface area contributed by atoms with Gasteiger partial charge in [-0.1, -0.05) is 5.16 Å². The van der Waals surface area contributed by atoms with Gasteiger partial charge in [-0.25, -0.2) is 4.79 Å². The number of aromatic hydroxyl groups is 1. The van der Waals surface area contributed by atoms with Crippen molar-refractivity contribution in [2.75, 3.05) is 39.7 Å². The van der Waals surface area contributed by atoms with Crippen molar-refractivity contribution in [3.05, 3.63) is 34.5 Å². The van der Waals surface area contributed by atoms with E-state index in [1.807, 2.05) is 0 Å². The van der Waals surface area contributed by atoms with E-state index in [0.717, 1.165) is 0 Å². The van der Waals surface area contributed by atoms with Gasteiger partial charge in [0.1, 0.15) is 18.1 Å². The zero-order chi connectivity index (χ0) is 23.7. The highest BCUT2D eigenvalue weighted by Crippen LogP contribution is 2.35. The Balaban J connectivity index is 1.97. The number of amides is 1. The van der Waals surface area contributed by atoms with Crippen molar-refractivity contribution >= 4 is 36.3 Å². The Morgan fingerprint density at radius 2 is 2.06 bits per heavy atom. The second kappa shape index (κ2) is 12.6. The van der Waals surface area contributed by atoms with Gasteiger partial charge in [0, 0.05) is 42.4 Å². The van der Waals surface area contributed by atoms with Crippen LogP contribution in [0.4, 0.5) is 0 Å². The molecule has 0 aliphatic heterocycles. The summed E-state index contributed by atoms with van der Waals surface area (Å²) in [6, 6.07) is 1.47. The molecule has 0 saturated carbocycles. The lowest BCUT2D eigenvalue weighted by atomic mass is 10.0. The lowest BCUT2D eigenvalue weighted by molar-refractivity contribution is -0.120. The highest BCUT2D eigenvalue weighted by Gasteiger charge is 2.24. The average molecular weight is 486 g/mol. The van der Waals surface area contributed by atoms with E-state index in [-0.39, 0.29) is 36.3 Å². The van der Waals surface area contributed by atoms with Crippen LogP contribution < -0.4 is 10.1 Å². The van der Waals surface area contributed by atoms with Crippen LogP contribution in [-0.4, -0.2) is 66.9 Å². The summed E-state index contributed by atoms with van der Waals surface area (Å²) in [7, 11) is 2.97. The summed E-state index contributed by atoms with van der Waals surface area (Å²) in [4.78, 5) is 28.8. The summed E-state index contributed by atoms with van der Waals surface area (Å²) in [6.45, 7) is 4.08. The van der Waals surface area contributed by atoms with Gasteiger partial charge in [-0.2, -0.15) is 29.4 Å². The highest BCUT2D eigenvalue weighted by atomic mass is 32.2. The fourth-order valence-corrected chi connectivity index (χ4v) is 3.86. The molecule has 0 saturated heterocycles. The summed E-state index contributed by atoms with van der Waals surface area (Å²) in [5.41, 5.74) is 1.27. The molecule has 1 aromatic heterocycles. The summed E-state index contributed by atoms with van der Waals surface area (Å²) >= 11 is 5.64. The molecule has 1 unspecified atom stereocenters. The molecule has 1 amide bonds. The molecular formula is C20H27N3O7S2. The Morgan fingerprint density at radius 1 is 1.31 bits per heavy atom. The van der Waals surface area contributed by atoms with Gasteiger partial charge in [0.2, 0.25) is 11.8 Å². The van der Waals surface area contributed by atoms with Crippen LogP contribution in [0.25, 0.3) is 0 Å². The lowest BCUT2D eigenvalue weighted by Crippen LogP contribution is -2.29. The molecule has 0 radical (unpaired) electrons. The summed E-state index contributed by atoms with van der Waals surface area (Å²) < 4.78 is 20.4. The maximum Gasteiger partial charge on any atom is 0.339 e. The number of ether oxygens (including phenoxy) is 3. The summed E-state index contributed by atoms with van der Waals surface area (Å²) in [6.07, 6.45) is 0. The second-order valence-electron chi connectivity index (χ2n) is 6.63. The van der Waals surface area contributed by atoms with Crippen LogP contribution in [0.1, 0.15) is 38.4 Å². The molecule has 2 aromatic rings. The molecule has 12 heteroatoms. The first-order valence-electron chi connectivity index (χ1n) is 9.69. The van der Waals surface area contributed by atoms with E-state index in [2.05, 4.69) is 28.1 Å². The van der Waals surface area contributed by atoms with Gasteiger partial charge >= 0.3 is 5.97 Å². The Bertz CT molecular complexity index is 936. The van der Waals surface area contributed by atoms with Crippen LogP contribution >= 0.6 is 24.4 Å². The number of esters is 1. The number of aryl methyl sites for hydroxylation is 1. The van der Waals surface area contributed by atoms with Gasteiger partial charge in [0.05, 0.1) is 19.3 Å². The maximum atomic E-state index is 12.6. The first-order valence-corrected chi connectivity index (χ1v) is 11.4. The normalized spacial score (nSPS) is 11.8. The van der Waals surface area contributed by atoms with Crippen LogP contribution in [0.5, 0.6) is 11.5 Å². The largest absolute Gasteiger partial charge is 0.507 e. The standard InChI is InChI=1S/C20H27N3O7S2/c1-11-15(28-4)9-14(24)13(16(11)20(26)29-7-6-27-3)10-32-8-5-21-18(25)17(31)19-22-12(2)23-30-19/h9,17,24,31H,5-8,10H2,1-4H3,(H,21,25). The number of benzene rings is 1. The third-order valence-corrected chi connectivity index (χ3v) is 5.83. The molecule has 32 heavy (non-hydrogen) atoms. The number of aromatic nitrogens is 2. The number of hydrogen-bond acceptors (Lipinski definition) is 11. The predicted molar refractivity (Wildman–Crippen MR) is 121 cm³/mol. The molecule has 0 aliphatic carbocycles. The van der Waals surface area contributed by atoms with Crippen molar-refractivity contribution in [3.8, 4) is 11.5 Å². The molecule has 0 aliphatic rings. The van der Waals surface area contributed by atoms with Crippen LogP contribution in [0.3, 0.4) is 0 Å². The van der Waals surface area contributed by atoms with Crippen LogP contribution in [0.2, 0.25) is 0 Å². The minimum absolute atomic E-state index is 0.0649. The van der Waals surface area contributed by atoms with Crippen LogP contribution in [0.15, 0.2) is 10.6 Å². The molecule has 2 N–H and O–H groups in total. The van der Waals surface area contributed by atoms with Crippen LogP contribution in [-0.2, 0) is 20.0 Å². The zero-order valence-electron chi connectivity index (χ0n) is 18.3. The molecule has 0 spiro atoms. The second-order valence-corrected chi connectivity index (χ2v) is 8.25. The minimum atomic E-state index is -0.858. The fraction of sp³-hybridized carbons (Fsp3) is 0.500. The van der Waals surface area contributed by atoms with E-state index in [1.165, 1.54) is 32.0 Å². The molecule has 1 aromatic carbocycles. The van der Waals surface area contributed by atoms with E-state index in [0.29, 0.717) is 40.8 Å². The topological polar surface area (TPSA) is 133 Å². The number of carbonyl (C=O) groups excluding carboxylic acids is 2. The average Bonchev–Trinajstić information content (AvgIpc) is 3.20. The molecular weight excluding hydrogens is 458 g/mol. The first kappa shape index (κ1) is 25.8. The number of phenolic OH excluding ortho intramolecular Hbond substituents is 1. The molecule has 176 valence electrons. The molecule has 0 fully saturated rings. The summed E-state index contributed by atoms with van der Waals surface area (Å²) in [5.74, 6) is 0.808. The molecule has 1 atom stereocenters. The van der Waals surface area contributed by atoms with Gasteiger partial charge < -0.3 is 29.2 Å². The number of rotatable bonds is 12. The third kappa shape index (κ3) is 6.78. The van der Waals surface area contributed by atoms with Crippen LogP contribution in [0, 0.1) is 13.8 Å². The summed E-state index contributed by atoms with van der Waals surface area (Å²) in [5, 5.41) is 16.0. The van der Waals surface area contributed by atoms with Crippen molar-refractivity contribution in [1.82, 2.24) is 15.5 Å². The van der Waals surface area contributed by atoms with Crippen molar-refractivity contribution in [1.29, 1.82) is 0 Å². The number of nitrogens with zero attached hydrogens (tertiary/aromatic N) is 2. The molecule has 1 heterocycles. The number of thioether (sulfide) groups is 1. The zero-order valence-corrected chi connectivity index (χ0v) is 20.0. The quantitative estimate of drug-likeness (QED) is 0.233. The number of thiol groups is 1. The van der Waals surface area contributed by atoms with E-state index in [9.17, 15) is 14.7 Å². The SMILES string of the molecule is COCCOC(=O)c1c(C)c(OC)cc(O)c1CSCCNC(=O)C(S)c1nc(C)no1. The Hall–Kier alpha value is -2.44. The number of carbonyl (C=O) groups is 2. The first-order chi connectivity index (χ1) is 15.3. The number of phenols is 1. The number of hydrogen-bond donors (Lipinski definition) is 3. The van der Waals surface area contributed by atoms with Crippen molar-refractivity contribution in [3.63, 3.8) is 0 Å². The Labute approximate surface area is 195 Å². The Kier molecular flexibility index (Phi) is 10.1. The van der Waals surface area contributed by atoms with E-state index >= 15 is 0 Å². The smallest absolute Gasteiger partial charge is 0.339 e. The van der Waals surface area contributed by atoms with Gasteiger partial charge in [0.25, 0.3) is 0 Å². The molecule has 0 bridgehead atoms. The number of methoxy groups -OCH3 is 2.